The van der Waals surface area contributed by atoms with Crippen molar-refractivity contribution in [2.45, 2.75) is 39.7 Å². The van der Waals surface area contributed by atoms with E-state index in [9.17, 15) is 0 Å². The Morgan fingerprint density at radius 2 is 2.00 bits per heavy atom. The molecule has 2 atom stereocenters. The molecule has 1 heteroatoms. The number of hydrogen-bond acceptors (Lipinski definition) is 1. The lowest BCUT2D eigenvalue weighted by Crippen LogP contribution is -2.27. The van der Waals surface area contributed by atoms with Crippen LogP contribution < -0.4 is 5.73 Å². The van der Waals surface area contributed by atoms with Crippen LogP contribution in [-0.4, -0.2) is 6.04 Å². The zero-order valence-electron chi connectivity index (χ0n) is 9.96. The van der Waals surface area contributed by atoms with Crippen molar-refractivity contribution in [1.29, 1.82) is 0 Å². The third kappa shape index (κ3) is 2.23. The zero-order valence-corrected chi connectivity index (χ0v) is 9.96. The van der Waals surface area contributed by atoms with Crippen LogP contribution in [0.3, 0.4) is 0 Å². The Kier molecular flexibility index (Phi) is 2.59. The van der Waals surface area contributed by atoms with Crippen molar-refractivity contribution in [3.63, 3.8) is 0 Å². The standard InChI is InChI=1S/C14H21N/c1-10-6-4-5-7-11(10)8-13(15)12-9-14(12,2)3/h4-7,12-13H,8-9,15H2,1-3H3. The van der Waals surface area contributed by atoms with Gasteiger partial charge in [0.2, 0.25) is 0 Å². The number of rotatable bonds is 3. The van der Waals surface area contributed by atoms with Crippen LogP contribution in [0.15, 0.2) is 24.3 Å². The molecule has 0 amide bonds. The van der Waals surface area contributed by atoms with Gasteiger partial charge in [-0.2, -0.15) is 0 Å². The van der Waals surface area contributed by atoms with Gasteiger partial charge < -0.3 is 5.73 Å². The smallest absolute Gasteiger partial charge is 0.0113 e. The largest absolute Gasteiger partial charge is 0.327 e. The first-order valence-electron chi connectivity index (χ1n) is 5.81. The number of hydrogen-bond donors (Lipinski definition) is 1. The second-order valence-electron chi connectivity index (χ2n) is 5.59. The Morgan fingerprint density at radius 1 is 1.40 bits per heavy atom. The molecule has 1 aliphatic rings. The molecule has 2 unspecified atom stereocenters. The van der Waals surface area contributed by atoms with E-state index < -0.39 is 0 Å². The minimum absolute atomic E-state index is 0.334. The Hall–Kier alpha value is -0.820. The maximum atomic E-state index is 6.26. The molecule has 15 heavy (non-hydrogen) atoms. The fourth-order valence-electron chi connectivity index (χ4n) is 2.47. The number of benzene rings is 1. The third-order valence-corrected chi connectivity index (χ3v) is 3.82. The van der Waals surface area contributed by atoms with Crippen LogP contribution in [0.25, 0.3) is 0 Å². The summed E-state index contributed by atoms with van der Waals surface area (Å²) in [4.78, 5) is 0. The average molecular weight is 203 g/mol. The Morgan fingerprint density at radius 3 is 2.53 bits per heavy atom. The maximum Gasteiger partial charge on any atom is 0.0113 e. The molecule has 1 aromatic carbocycles. The van der Waals surface area contributed by atoms with Gasteiger partial charge in [-0.3, -0.25) is 0 Å². The molecule has 0 saturated heterocycles. The second kappa shape index (κ2) is 3.64. The molecule has 82 valence electrons. The molecule has 0 heterocycles. The first-order chi connectivity index (χ1) is 7.00. The van der Waals surface area contributed by atoms with E-state index in [1.54, 1.807) is 0 Å². The van der Waals surface area contributed by atoms with Crippen molar-refractivity contribution in [3.8, 4) is 0 Å². The van der Waals surface area contributed by atoms with Crippen LogP contribution in [-0.2, 0) is 6.42 Å². The summed E-state index contributed by atoms with van der Waals surface area (Å²) in [5.41, 5.74) is 9.52. The van der Waals surface area contributed by atoms with Crippen molar-refractivity contribution in [1.82, 2.24) is 0 Å². The fourth-order valence-corrected chi connectivity index (χ4v) is 2.47. The lowest BCUT2D eigenvalue weighted by Gasteiger charge is -2.14. The summed E-state index contributed by atoms with van der Waals surface area (Å²) in [6.45, 7) is 6.80. The van der Waals surface area contributed by atoms with Gasteiger partial charge in [-0.05, 0) is 42.2 Å². The molecule has 1 saturated carbocycles. The molecule has 1 nitrogen and oxygen atoms in total. The molecule has 1 aromatic rings. The highest BCUT2D eigenvalue weighted by atomic mass is 14.7. The summed E-state index contributed by atoms with van der Waals surface area (Å²) < 4.78 is 0. The van der Waals surface area contributed by atoms with E-state index in [1.165, 1.54) is 17.5 Å². The van der Waals surface area contributed by atoms with Gasteiger partial charge in [0.1, 0.15) is 0 Å². The van der Waals surface area contributed by atoms with Crippen LogP contribution in [0.2, 0.25) is 0 Å². The van der Waals surface area contributed by atoms with E-state index in [-0.39, 0.29) is 0 Å². The normalized spacial score (nSPS) is 24.9. The minimum Gasteiger partial charge on any atom is -0.327 e. The third-order valence-electron chi connectivity index (χ3n) is 3.82. The van der Waals surface area contributed by atoms with E-state index in [0.717, 1.165) is 12.3 Å². The summed E-state index contributed by atoms with van der Waals surface area (Å²) >= 11 is 0. The molecule has 0 aromatic heterocycles. The zero-order chi connectivity index (χ0) is 11.1. The number of nitrogens with two attached hydrogens (primary N) is 1. The van der Waals surface area contributed by atoms with Crippen molar-refractivity contribution in [2.24, 2.45) is 17.1 Å². The highest BCUT2D eigenvalue weighted by molar-refractivity contribution is 5.27. The Bertz CT molecular complexity index is 354. The first kappa shape index (κ1) is 10.7. The summed E-state index contributed by atoms with van der Waals surface area (Å²) in [5, 5.41) is 0. The van der Waals surface area contributed by atoms with Gasteiger partial charge in [0, 0.05) is 6.04 Å². The van der Waals surface area contributed by atoms with Crippen molar-refractivity contribution >= 4 is 0 Å². The molecule has 2 N–H and O–H groups in total. The van der Waals surface area contributed by atoms with E-state index in [2.05, 4.69) is 45.0 Å². The van der Waals surface area contributed by atoms with Crippen LogP contribution in [0.4, 0.5) is 0 Å². The summed E-state index contributed by atoms with van der Waals surface area (Å²) in [7, 11) is 0. The molecule has 0 bridgehead atoms. The molecule has 0 radical (unpaired) electrons. The van der Waals surface area contributed by atoms with E-state index >= 15 is 0 Å². The van der Waals surface area contributed by atoms with Crippen LogP contribution in [0.5, 0.6) is 0 Å². The topological polar surface area (TPSA) is 26.0 Å². The highest BCUT2D eigenvalue weighted by Gasteiger charge is 2.48. The Labute approximate surface area is 92.7 Å². The van der Waals surface area contributed by atoms with Gasteiger partial charge in [0.15, 0.2) is 0 Å². The molecular weight excluding hydrogens is 182 g/mol. The molecule has 1 aliphatic carbocycles. The molecule has 1 fully saturated rings. The lowest BCUT2D eigenvalue weighted by atomic mass is 9.96. The number of aryl methyl sites for hydroxylation is 1. The van der Waals surface area contributed by atoms with Gasteiger partial charge >= 0.3 is 0 Å². The van der Waals surface area contributed by atoms with E-state index in [1.807, 2.05) is 0 Å². The first-order valence-corrected chi connectivity index (χ1v) is 5.81. The second-order valence-corrected chi connectivity index (χ2v) is 5.59. The minimum atomic E-state index is 0.334. The predicted molar refractivity (Wildman–Crippen MR) is 64.7 cm³/mol. The van der Waals surface area contributed by atoms with E-state index in [0.29, 0.717) is 11.5 Å². The van der Waals surface area contributed by atoms with Gasteiger partial charge in [-0.25, -0.2) is 0 Å². The maximum absolute atomic E-state index is 6.26. The quantitative estimate of drug-likeness (QED) is 0.803. The van der Waals surface area contributed by atoms with Gasteiger partial charge in [0.05, 0.1) is 0 Å². The summed E-state index contributed by atoms with van der Waals surface area (Å²) in [5.74, 6) is 0.720. The predicted octanol–water partition coefficient (Wildman–Crippen LogP) is 2.91. The molecule has 2 rings (SSSR count). The summed E-state index contributed by atoms with van der Waals surface area (Å²) in [6.07, 6.45) is 2.32. The summed E-state index contributed by atoms with van der Waals surface area (Å²) in [6, 6.07) is 8.89. The highest BCUT2D eigenvalue weighted by Crippen LogP contribution is 2.53. The van der Waals surface area contributed by atoms with Crippen LogP contribution in [0.1, 0.15) is 31.4 Å². The van der Waals surface area contributed by atoms with Gasteiger partial charge in [-0.1, -0.05) is 38.1 Å². The van der Waals surface area contributed by atoms with Crippen molar-refractivity contribution in [3.05, 3.63) is 35.4 Å². The van der Waals surface area contributed by atoms with Gasteiger partial charge in [0.25, 0.3) is 0 Å². The SMILES string of the molecule is Cc1ccccc1CC(N)C1CC1(C)C. The lowest BCUT2D eigenvalue weighted by molar-refractivity contribution is 0.476. The molecule has 0 aliphatic heterocycles. The molecular formula is C14H21N. The monoisotopic (exact) mass is 203 g/mol. The molecule has 0 spiro atoms. The Balaban J connectivity index is 2.01. The van der Waals surface area contributed by atoms with Gasteiger partial charge in [-0.15, -0.1) is 0 Å². The fraction of sp³-hybridized carbons (Fsp3) is 0.571. The van der Waals surface area contributed by atoms with Crippen LogP contribution >= 0.6 is 0 Å². The average Bonchev–Trinajstić information content (AvgIpc) is 2.79. The van der Waals surface area contributed by atoms with Crippen LogP contribution in [0, 0.1) is 18.3 Å². The van der Waals surface area contributed by atoms with Crippen molar-refractivity contribution in [2.75, 3.05) is 0 Å². The van der Waals surface area contributed by atoms with E-state index in [4.69, 9.17) is 5.73 Å². The van der Waals surface area contributed by atoms with Crippen molar-refractivity contribution < 1.29 is 0 Å².